The number of nitrogens with one attached hydrogen (secondary N) is 1. The molecule has 0 spiro atoms. The summed E-state index contributed by atoms with van der Waals surface area (Å²) in [6, 6.07) is 9.48. The molecular weight excluding hydrogens is 371 g/mol. The molecule has 2 aromatic rings. The van der Waals surface area contributed by atoms with Crippen LogP contribution in [0.5, 0.6) is 0 Å². The molecule has 0 bridgehead atoms. The second-order valence-corrected chi connectivity index (χ2v) is 5.45. The van der Waals surface area contributed by atoms with Crippen LogP contribution < -0.4 is 5.32 Å². The topological polar surface area (TPSA) is 29.1 Å². The lowest BCUT2D eigenvalue weighted by atomic mass is 10.1. The van der Waals surface area contributed by atoms with E-state index in [-0.39, 0.29) is 10.7 Å². The largest absolute Gasteiger partial charge is 0.416 e. The van der Waals surface area contributed by atoms with Gasteiger partial charge in [0.1, 0.15) is 0 Å². The smallest absolute Gasteiger partial charge is 0.322 e. The Bertz CT molecular complexity index is 688. The van der Waals surface area contributed by atoms with Gasteiger partial charge in [-0.1, -0.05) is 23.7 Å². The van der Waals surface area contributed by atoms with Crippen LogP contribution >= 0.6 is 27.5 Å². The molecule has 2 aromatic carbocycles. The predicted molar refractivity (Wildman–Crippen MR) is 78.5 cm³/mol. The van der Waals surface area contributed by atoms with E-state index in [0.29, 0.717) is 10.0 Å². The molecule has 0 fully saturated rings. The Hall–Kier alpha value is -1.53. The quantitative estimate of drug-likeness (QED) is 0.747. The number of carbonyl (C=O) groups is 1. The zero-order valence-electron chi connectivity index (χ0n) is 10.3. The predicted octanol–water partition coefficient (Wildman–Crippen LogP) is 5.37. The number of carbonyl (C=O) groups excluding carboxylic acids is 1. The molecule has 7 heteroatoms. The maximum absolute atomic E-state index is 12.7. The Morgan fingerprint density at radius 2 is 1.81 bits per heavy atom. The van der Waals surface area contributed by atoms with Crippen LogP contribution in [-0.2, 0) is 6.18 Å². The van der Waals surface area contributed by atoms with Gasteiger partial charge in [-0.15, -0.1) is 0 Å². The third-order valence-corrected chi connectivity index (χ3v) is 3.51. The molecule has 1 amide bonds. The van der Waals surface area contributed by atoms with Gasteiger partial charge in [-0.2, -0.15) is 13.2 Å². The molecule has 110 valence electrons. The Labute approximate surface area is 132 Å². The molecule has 0 radical (unpaired) electrons. The number of hydrogen-bond acceptors (Lipinski definition) is 1. The number of anilines is 1. The first-order valence-corrected chi connectivity index (χ1v) is 6.88. The molecule has 2 nitrogen and oxygen atoms in total. The molecular formula is C14H8BrClF3NO. The highest BCUT2D eigenvalue weighted by Crippen LogP contribution is 2.33. The lowest BCUT2D eigenvalue weighted by Gasteiger charge is -2.11. The Balaban J connectivity index is 2.30. The molecule has 0 heterocycles. The number of amides is 1. The van der Waals surface area contributed by atoms with Gasteiger partial charge in [0.05, 0.1) is 11.1 Å². The molecule has 0 aliphatic carbocycles. The van der Waals surface area contributed by atoms with E-state index in [9.17, 15) is 18.0 Å². The molecule has 21 heavy (non-hydrogen) atoms. The summed E-state index contributed by atoms with van der Waals surface area (Å²) in [4.78, 5) is 12.0. The Morgan fingerprint density at radius 3 is 2.43 bits per heavy atom. The van der Waals surface area contributed by atoms with Crippen molar-refractivity contribution in [2.45, 2.75) is 6.18 Å². The third kappa shape index (κ3) is 3.98. The summed E-state index contributed by atoms with van der Waals surface area (Å²) in [6.07, 6.45) is -4.53. The van der Waals surface area contributed by atoms with Gasteiger partial charge < -0.3 is 5.32 Å². The molecule has 0 atom stereocenters. The van der Waals surface area contributed by atoms with Crippen molar-refractivity contribution in [1.82, 2.24) is 0 Å². The number of rotatable bonds is 2. The Morgan fingerprint density at radius 1 is 1.14 bits per heavy atom. The SMILES string of the molecule is O=C(Nc1cc(Cl)cc(C(F)(F)F)c1)c1ccccc1Br. The highest BCUT2D eigenvalue weighted by molar-refractivity contribution is 9.10. The van der Waals surface area contributed by atoms with Crippen molar-refractivity contribution in [3.63, 3.8) is 0 Å². The van der Waals surface area contributed by atoms with Crippen molar-refractivity contribution < 1.29 is 18.0 Å². The van der Waals surface area contributed by atoms with Crippen molar-refractivity contribution in [1.29, 1.82) is 0 Å². The van der Waals surface area contributed by atoms with Crippen LogP contribution in [0.3, 0.4) is 0 Å². The first kappa shape index (κ1) is 15.9. The highest BCUT2D eigenvalue weighted by atomic mass is 79.9. The molecule has 0 aliphatic rings. The van der Waals surface area contributed by atoms with E-state index in [1.807, 2.05) is 0 Å². The molecule has 0 aromatic heterocycles. The second kappa shape index (κ2) is 6.07. The van der Waals surface area contributed by atoms with Crippen LogP contribution in [0.2, 0.25) is 5.02 Å². The van der Waals surface area contributed by atoms with Crippen LogP contribution in [0.1, 0.15) is 15.9 Å². The van der Waals surface area contributed by atoms with E-state index in [1.165, 1.54) is 6.07 Å². The van der Waals surface area contributed by atoms with Crippen LogP contribution in [-0.4, -0.2) is 5.91 Å². The maximum Gasteiger partial charge on any atom is 0.416 e. The van der Waals surface area contributed by atoms with Crippen LogP contribution in [0, 0.1) is 0 Å². The molecule has 2 rings (SSSR count). The van der Waals surface area contributed by atoms with E-state index in [0.717, 1.165) is 12.1 Å². The minimum absolute atomic E-state index is 0.0180. The fourth-order valence-electron chi connectivity index (χ4n) is 1.67. The molecule has 0 saturated heterocycles. The summed E-state index contributed by atoms with van der Waals surface area (Å²) in [5.41, 5.74) is -0.626. The van der Waals surface area contributed by atoms with E-state index < -0.39 is 17.6 Å². The fourth-order valence-corrected chi connectivity index (χ4v) is 2.37. The number of hydrogen-bond donors (Lipinski definition) is 1. The third-order valence-electron chi connectivity index (χ3n) is 2.60. The summed E-state index contributed by atoms with van der Waals surface area (Å²) in [6.45, 7) is 0. The highest BCUT2D eigenvalue weighted by Gasteiger charge is 2.31. The van der Waals surface area contributed by atoms with E-state index >= 15 is 0 Å². The van der Waals surface area contributed by atoms with Gasteiger partial charge in [0, 0.05) is 15.2 Å². The first-order chi connectivity index (χ1) is 9.77. The van der Waals surface area contributed by atoms with Crippen LogP contribution in [0.15, 0.2) is 46.9 Å². The standard InChI is InChI=1S/C14H8BrClF3NO/c15-12-4-2-1-3-11(12)13(21)20-10-6-8(14(17,18)19)5-9(16)7-10/h1-7H,(H,20,21). The van der Waals surface area contributed by atoms with Crippen LogP contribution in [0.4, 0.5) is 18.9 Å². The second-order valence-electron chi connectivity index (χ2n) is 4.16. The van der Waals surface area contributed by atoms with Crippen molar-refractivity contribution in [3.8, 4) is 0 Å². The van der Waals surface area contributed by atoms with Gasteiger partial charge in [0.15, 0.2) is 0 Å². The van der Waals surface area contributed by atoms with E-state index in [1.54, 1.807) is 24.3 Å². The van der Waals surface area contributed by atoms with Crippen molar-refractivity contribution in [2.75, 3.05) is 5.32 Å². The number of halogens is 5. The normalized spacial score (nSPS) is 11.3. The zero-order chi connectivity index (χ0) is 15.6. The Kier molecular flexibility index (Phi) is 4.58. The van der Waals surface area contributed by atoms with Crippen molar-refractivity contribution in [3.05, 3.63) is 63.1 Å². The first-order valence-electron chi connectivity index (χ1n) is 5.71. The summed E-state index contributed by atoms with van der Waals surface area (Å²) < 4.78 is 38.6. The monoisotopic (exact) mass is 377 g/mol. The van der Waals surface area contributed by atoms with E-state index in [2.05, 4.69) is 21.2 Å². The van der Waals surface area contributed by atoms with Gasteiger partial charge in [-0.3, -0.25) is 4.79 Å². The molecule has 1 N–H and O–H groups in total. The van der Waals surface area contributed by atoms with Gasteiger partial charge in [0.2, 0.25) is 0 Å². The van der Waals surface area contributed by atoms with Gasteiger partial charge in [-0.05, 0) is 46.3 Å². The number of alkyl halides is 3. The maximum atomic E-state index is 12.7. The minimum atomic E-state index is -4.53. The zero-order valence-corrected chi connectivity index (χ0v) is 12.7. The van der Waals surface area contributed by atoms with Crippen LogP contribution in [0.25, 0.3) is 0 Å². The lowest BCUT2D eigenvalue weighted by Crippen LogP contribution is -2.13. The molecule has 0 saturated carbocycles. The summed E-state index contributed by atoms with van der Waals surface area (Å²) in [7, 11) is 0. The molecule has 0 unspecified atom stereocenters. The minimum Gasteiger partial charge on any atom is -0.322 e. The van der Waals surface area contributed by atoms with Crippen molar-refractivity contribution >= 4 is 39.1 Å². The van der Waals surface area contributed by atoms with Gasteiger partial charge >= 0.3 is 6.18 Å². The van der Waals surface area contributed by atoms with Gasteiger partial charge in [-0.25, -0.2) is 0 Å². The number of benzene rings is 2. The lowest BCUT2D eigenvalue weighted by molar-refractivity contribution is -0.137. The average molecular weight is 379 g/mol. The average Bonchev–Trinajstić information content (AvgIpc) is 2.37. The summed E-state index contributed by atoms with van der Waals surface area (Å²) in [5, 5.41) is 2.29. The summed E-state index contributed by atoms with van der Waals surface area (Å²) >= 11 is 8.86. The van der Waals surface area contributed by atoms with E-state index in [4.69, 9.17) is 11.6 Å². The van der Waals surface area contributed by atoms with Gasteiger partial charge in [0.25, 0.3) is 5.91 Å². The van der Waals surface area contributed by atoms with Crippen molar-refractivity contribution in [2.24, 2.45) is 0 Å². The molecule has 0 aliphatic heterocycles. The summed E-state index contributed by atoms with van der Waals surface area (Å²) in [5.74, 6) is -0.530. The fraction of sp³-hybridized carbons (Fsp3) is 0.0714.